The lowest BCUT2D eigenvalue weighted by atomic mass is 10.1. The number of rotatable bonds is 5. The first-order chi connectivity index (χ1) is 6.70. The highest BCUT2D eigenvalue weighted by Gasteiger charge is 2.09. The summed E-state index contributed by atoms with van der Waals surface area (Å²) in [5.74, 6) is 0. The molecule has 0 aliphatic rings. The molecule has 0 aliphatic carbocycles. The van der Waals surface area contributed by atoms with Crippen LogP contribution in [0.25, 0.3) is 0 Å². The first kappa shape index (κ1) is 11.2. The van der Waals surface area contributed by atoms with Gasteiger partial charge in [-0.25, -0.2) is 0 Å². The van der Waals surface area contributed by atoms with E-state index in [4.69, 9.17) is 5.73 Å². The van der Waals surface area contributed by atoms with Crippen LogP contribution in [0.4, 0.5) is 0 Å². The fourth-order valence-electron chi connectivity index (χ4n) is 1.77. The predicted molar refractivity (Wildman–Crippen MR) is 59.4 cm³/mol. The summed E-state index contributed by atoms with van der Waals surface area (Å²) in [7, 11) is 0. The molecule has 0 unspecified atom stereocenters. The van der Waals surface area contributed by atoms with E-state index < -0.39 is 0 Å². The molecule has 0 fully saturated rings. The van der Waals surface area contributed by atoms with Crippen LogP contribution in [-0.4, -0.2) is 16.3 Å². The summed E-state index contributed by atoms with van der Waals surface area (Å²) in [5, 5.41) is 4.53. The van der Waals surface area contributed by atoms with E-state index in [1.165, 1.54) is 24.1 Å². The second-order valence-electron chi connectivity index (χ2n) is 3.76. The van der Waals surface area contributed by atoms with Crippen LogP contribution >= 0.6 is 0 Å². The summed E-state index contributed by atoms with van der Waals surface area (Å²) >= 11 is 0. The number of hydrogen-bond acceptors (Lipinski definition) is 2. The van der Waals surface area contributed by atoms with Crippen LogP contribution in [0.2, 0.25) is 0 Å². The lowest BCUT2D eigenvalue weighted by molar-refractivity contribution is 0.555. The zero-order valence-electron chi connectivity index (χ0n) is 9.51. The third-order valence-corrected chi connectivity index (χ3v) is 2.65. The Bertz CT molecular complexity index is 289. The van der Waals surface area contributed by atoms with Crippen molar-refractivity contribution in [2.45, 2.75) is 46.6 Å². The average Bonchev–Trinajstić information content (AvgIpc) is 2.43. The van der Waals surface area contributed by atoms with Crippen molar-refractivity contribution in [1.82, 2.24) is 9.78 Å². The highest BCUT2D eigenvalue weighted by atomic mass is 15.3. The summed E-state index contributed by atoms with van der Waals surface area (Å²) in [5.41, 5.74) is 9.34. The number of nitrogens with zero attached hydrogens (tertiary/aromatic N) is 2. The van der Waals surface area contributed by atoms with Crippen molar-refractivity contribution in [2.75, 3.05) is 6.54 Å². The SMILES string of the molecule is CCCCn1nc(C)c(CCN)c1C. The first-order valence-corrected chi connectivity index (χ1v) is 5.43. The van der Waals surface area contributed by atoms with Crippen LogP contribution in [0.3, 0.4) is 0 Å². The van der Waals surface area contributed by atoms with Crippen LogP contribution < -0.4 is 5.73 Å². The topological polar surface area (TPSA) is 43.8 Å². The monoisotopic (exact) mass is 195 g/mol. The van der Waals surface area contributed by atoms with Gasteiger partial charge in [-0.3, -0.25) is 4.68 Å². The Balaban J connectivity index is 2.81. The van der Waals surface area contributed by atoms with E-state index in [-0.39, 0.29) is 0 Å². The minimum atomic E-state index is 0.709. The molecule has 3 nitrogen and oxygen atoms in total. The maximum atomic E-state index is 5.57. The van der Waals surface area contributed by atoms with Crippen molar-refractivity contribution in [3.8, 4) is 0 Å². The van der Waals surface area contributed by atoms with Gasteiger partial charge in [0, 0.05) is 12.2 Å². The van der Waals surface area contributed by atoms with Gasteiger partial charge in [0.2, 0.25) is 0 Å². The molecule has 2 N–H and O–H groups in total. The third-order valence-electron chi connectivity index (χ3n) is 2.65. The Hall–Kier alpha value is -0.830. The highest BCUT2D eigenvalue weighted by Crippen LogP contribution is 2.13. The lowest BCUT2D eigenvalue weighted by Crippen LogP contribution is -2.06. The van der Waals surface area contributed by atoms with Crippen molar-refractivity contribution in [3.63, 3.8) is 0 Å². The highest BCUT2D eigenvalue weighted by molar-refractivity contribution is 5.24. The van der Waals surface area contributed by atoms with Gasteiger partial charge in [-0.05, 0) is 38.8 Å². The van der Waals surface area contributed by atoms with Gasteiger partial charge in [0.05, 0.1) is 5.69 Å². The maximum Gasteiger partial charge on any atom is 0.0628 e. The Kier molecular flexibility index (Phi) is 4.14. The van der Waals surface area contributed by atoms with Crippen molar-refractivity contribution in [3.05, 3.63) is 17.0 Å². The van der Waals surface area contributed by atoms with Gasteiger partial charge in [-0.15, -0.1) is 0 Å². The number of aromatic nitrogens is 2. The van der Waals surface area contributed by atoms with Crippen LogP contribution in [0.5, 0.6) is 0 Å². The molecule has 0 aromatic carbocycles. The smallest absolute Gasteiger partial charge is 0.0628 e. The van der Waals surface area contributed by atoms with E-state index in [1.807, 2.05) is 0 Å². The molecule has 3 heteroatoms. The average molecular weight is 195 g/mol. The summed E-state index contributed by atoms with van der Waals surface area (Å²) in [6.45, 7) is 8.16. The molecule has 0 atom stereocenters. The molecule has 0 spiro atoms. The molecule has 1 rings (SSSR count). The van der Waals surface area contributed by atoms with Crippen LogP contribution in [0.15, 0.2) is 0 Å². The van der Waals surface area contributed by atoms with Crippen molar-refractivity contribution in [2.24, 2.45) is 5.73 Å². The minimum absolute atomic E-state index is 0.709. The molecule has 0 aliphatic heterocycles. The number of unbranched alkanes of at least 4 members (excludes halogenated alkanes) is 1. The fourth-order valence-corrected chi connectivity index (χ4v) is 1.77. The molecule has 0 saturated heterocycles. The molecular formula is C11H21N3. The second kappa shape index (κ2) is 5.15. The quantitative estimate of drug-likeness (QED) is 0.778. The van der Waals surface area contributed by atoms with Crippen LogP contribution in [0, 0.1) is 13.8 Å². The molecule has 1 aromatic heterocycles. The zero-order valence-corrected chi connectivity index (χ0v) is 9.51. The Morgan fingerprint density at radius 2 is 2.07 bits per heavy atom. The second-order valence-corrected chi connectivity index (χ2v) is 3.76. The summed E-state index contributed by atoms with van der Waals surface area (Å²) < 4.78 is 2.11. The van der Waals surface area contributed by atoms with E-state index in [0.29, 0.717) is 6.54 Å². The molecule has 1 heterocycles. The number of nitrogens with two attached hydrogens (primary N) is 1. The van der Waals surface area contributed by atoms with E-state index in [1.54, 1.807) is 0 Å². The van der Waals surface area contributed by atoms with Crippen LogP contribution in [0.1, 0.15) is 36.7 Å². The lowest BCUT2D eigenvalue weighted by Gasteiger charge is -2.03. The van der Waals surface area contributed by atoms with Gasteiger partial charge in [0.15, 0.2) is 0 Å². The molecular weight excluding hydrogens is 174 g/mol. The van der Waals surface area contributed by atoms with Gasteiger partial charge < -0.3 is 5.73 Å². The van der Waals surface area contributed by atoms with Crippen molar-refractivity contribution < 1.29 is 0 Å². The Labute approximate surface area is 86.3 Å². The molecule has 1 aromatic rings. The molecule has 0 bridgehead atoms. The van der Waals surface area contributed by atoms with Gasteiger partial charge in [0.1, 0.15) is 0 Å². The Morgan fingerprint density at radius 3 is 2.64 bits per heavy atom. The summed E-state index contributed by atoms with van der Waals surface area (Å²) in [4.78, 5) is 0. The standard InChI is InChI=1S/C11H21N3/c1-4-5-8-14-10(3)11(6-7-12)9(2)13-14/h4-8,12H2,1-3H3. The normalized spacial score (nSPS) is 10.9. The molecule has 80 valence electrons. The summed E-state index contributed by atoms with van der Waals surface area (Å²) in [6.07, 6.45) is 3.36. The van der Waals surface area contributed by atoms with E-state index in [2.05, 4.69) is 30.6 Å². The van der Waals surface area contributed by atoms with Gasteiger partial charge in [0.25, 0.3) is 0 Å². The van der Waals surface area contributed by atoms with Gasteiger partial charge >= 0.3 is 0 Å². The largest absolute Gasteiger partial charge is 0.330 e. The molecule has 0 amide bonds. The number of hydrogen-bond donors (Lipinski definition) is 1. The van der Waals surface area contributed by atoms with Crippen molar-refractivity contribution >= 4 is 0 Å². The molecule has 0 saturated carbocycles. The van der Waals surface area contributed by atoms with Gasteiger partial charge in [-0.2, -0.15) is 5.10 Å². The van der Waals surface area contributed by atoms with Crippen LogP contribution in [-0.2, 0) is 13.0 Å². The minimum Gasteiger partial charge on any atom is -0.330 e. The number of aryl methyl sites for hydroxylation is 2. The third kappa shape index (κ3) is 2.35. The fraction of sp³-hybridized carbons (Fsp3) is 0.727. The van der Waals surface area contributed by atoms with E-state index in [9.17, 15) is 0 Å². The predicted octanol–water partition coefficient (Wildman–Crippen LogP) is 1.80. The summed E-state index contributed by atoms with van der Waals surface area (Å²) in [6, 6.07) is 0. The Morgan fingerprint density at radius 1 is 1.36 bits per heavy atom. The molecule has 0 radical (unpaired) electrons. The molecule has 14 heavy (non-hydrogen) atoms. The first-order valence-electron chi connectivity index (χ1n) is 5.43. The van der Waals surface area contributed by atoms with E-state index in [0.717, 1.165) is 18.7 Å². The van der Waals surface area contributed by atoms with Gasteiger partial charge in [-0.1, -0.05) is 13.3 Å². The van der Waals surface area contributed by atoms with Crippen molar-refractivity contribution in [1.29, 1.82) is 0 Å². The zero-order chi connectivity index (χ0) is 10.6. The maximum absolute atomic E-state index is 5.57. The van der Waals surface area contributed by atoms with E-state index >= 15 is 0 Å².